The fraction of sp³-hybridized carbons (Fsp3) is 0.412. The topological polar surface area (TPSA) is 127 Å². The Morgan fingerprint density at radius 2 is 2.11 bits per heavy atom. The lowest BCUT2D eigenvalue weighted by Gasteiger charge is -2.36. The highest BCUT2D eigenvalue weighted by Crippen LogP contribution is 2.62. The van der Waals surface area contributed by atoms with Gasteiger partial charge in [-0.05, 0) is 24.6 Å². The van der Waals surface area contributed by atoms with E-state index in [1.165, 1.54) is 19.8 Å². The third-order valence-electron chi connectivity index (χ3n) is 4.82. The average Bonchev–Trinajstić information content (AvgIpc) is 3.15. The normalized spacial score (nSPS) is 24.9. The molecule has 0 saturated carbocycles. The van der Waals surface area contributed by atoms with Gasteiger partial charge in [-0.1, -0.05) is 0 Å². The van der Waals surface area contributed by atoms with Crippen LogP contribution in [0.1, 0.15) is 31.2 Å². The smallest absolute Gasteiger partial charge is 0.338 e. The molecule has 4 rings (SSSR count). The molecule has 1 saturated heterocycles. The van der Waals surface area contributed by atoms with E-state index in [2.05, 4.69) is 19.9 Å². The number of ether oxygens (including phenoxy) is 1. The lowest BCUT2D eigenvalue weighted by atomic mass is 10.1. The van der Waals surface area contributed by atoms with Crippen molar-refractivity contribution in [1.82, 2.24) is 24.5 Å². The maximum Gasteiger partial charge on any atom is 0.338 e. The molecular weight excluding hydrogens is 383 g/mol. The van der Waals surface area contributed by atoms with Crippen LogP contribution in [-0.2, 0) is 18.3 Å². The van der Waals surface area contributed by atoms with Crippen LogP contribution in [0.15, 0.2) is 37.2 Å². The fourth-order valence-corrected chi connectivity index (χ4v) is 5.33. The van der Waals surface area contributed by atoms with Crippen molar-refractivity contribution in [3.8, 4) is 0 Å². The van der Waals surface area contributed by atoms with Gasteiger partial charge in [-0.25, -0.2) is 15.0 Å². The first-order valence-electron chi connectivity index (χ1n) is 8.82. The minimum atomic E-state index is -3.50. The summed E-state index contributed by atoms with van der Waals surface area (Å²) in [5.41, 5.74) is 7.10. The zero-order chi connectivity index (χ0) is 19.7. The summed E-state index contributed by atoms with van der Waals surface area (Å²) in [5.74, 6) is 0.265. The summed E-state index contributed by atoms with van der Waals surface area (Å²) in [7, 11) is -1.98. The molecule has 2 N–H and O–H groups in total. The van der Waals surface area contributed by atoms with Crippen LogP contribution in [0, 0.1) is 0 Å². The average molecular weight is 404 g/mol. The van der Waals surface area contributed by atoms with E-state index in [0.29, 0.717) is 24.2 Å². The Morgan fingerprint density at radius 3 is 2.86 bits per heavy atom. The standard InChI is InChI=1S/C17H21N6O4P/c1-11(17(25-2)23-10-22-14-15(18)20-9-21-16(14)23)28(24)26-8-5-13(27-28)12-3-6-19-7-4-12/h3-4,6-7,9-11,13,17H,5,8H2,1-2H3,(H2,18,20,21)/t11?,13-,17?,28?/m0/s1. The molecule has 0 aromatic carbocycles. The number of hydrogen-bond acceptors (Lipinski definition) is 9. The lowest BCUT2D eigenvalue weighted by molar-refractivity contribution is 0.0210. The van der Waals surface area contributed by atoms with Crippen LogP contribution in [-0.4, -0.2) is 43.9 Å². The van der Waals surface area contributed by atoms with Gasteiger partial charge in [-0.2, -0.15) is 0 Å². The number of fused-ring (bicyclic) bond motifs is 1. The van der Waals surface area contributed by atoms with Crippen molar-refractivity contribution in [1.29, 1.82) is 0 Å². The van der Waals surface area contributed by atoms with E-state index >= 15 is 0 Å². The molecule has 10 nitrogen and oxygen atoms in total. The van der Waals surface area contributed by atoms with E-state index < -0.39 is 19.5 Å². The minimum Gasteiger partial charge on any atom is -0.382 e. The van der Waals surface area contributed by atoms with Gasteiger partial charge in [-0.15, -0.1) is 0 Å². The summed E-state index contributed by atoms with van der Waals surface area (Å²) >= 11 is 0. The molecule has 1 aliphatic heterocycles. The molecule has 11 heteroatoms. The third-order valence-corrected chi connectivity index (χ3v) is 7.16. The molecule has 0 radical (unpaired) electrons. The van der Waals surface area contributed by atoms with E-state index in [-0.39, 0.29) is 11.9 Å². The number of nitrogen functional groups attached to an aromatic ring is 1. The third kappa shape index (κ3) is 3.29. The Labute approximate surface area is 161 Å². The van der Waals surface area contributed by atoms with Crippen LogP contribution < -0.4 is 5.73 Å². The summed E-state index contributed by atoms with van der Waals surface area (Å²) in [4.78, 5) is 16.4. The Bertz CT molecular complexity index is 1010. The van der Waals surface area contributed by atoms with Crippen LogP contribution in [0.25, 0.3) is 11.2 Å². The summed E-state index contributed by atoms with van der Waals surface area (Å²) in [6.45, 7) is 2.09. The van der Waals surface area contributed by atoms with Crippen LogP contribution >= 0.6 is 7.60 Å². The predicted octanol–water partition coefficient (Wildman–Crippen LogP) is 2.71. The molecule has 0 aliphatic carbocycles. The van der Waals surface area contributed by atoms with Crippen LogP contribution in [0.5, 0.6) is 0 Å². The van der Waals surface area contributed by atoms with E-state index in [1.807, 2.05) is 12.1 Å². The number of nitrogens with two attached hydrogens (primary N) is 1. The van der Waals surface area contributed by atoms with Gasteiger partial charge in [0.2, 0.25) is 0 Å². The van der Waals surface area contributed by atoms with Gasteiger partial charge in [0.1, 0.15) is 23.7 Å². The first kappa shape index (κ1) is 18.9. The number of aromatic nitrogens is 5. The predicted molar refractivity (Wildman–Crippen MR) is 101 cm³/mol. The van der Waals surface area contributed by atoms with Crippen LogP contribution in [0.4, 0.5) is 5.82 Å². The molecule has 3 aromatic rings. The molecule has 3 aromatic heterocycles. The van der Waals surface area contributed by atoms with Gasteiger partial charge in [0.25, 0.3) is 0 Å². The largest absolute Gasteiger partial charge is 0.382 e. The Kier molecular flexibility index (Phi) is 5.11. The zero-order valence-corrected chi connectivity index (χ0v) is 16.4. The molecule has 1 fully saturated rings. The molecule has 0 bridgehead atoms. The van der Waals surface area contributed by atoms with Crippen molar-refractivity contribution in [2.45, 2.75) is 31.3 Å². The van der Waals surface area contributed by atoms with Gasteiger partial charge in [0.15, 0.2) is 11.5 Å². The first-order valence-corrected chi connectivity index (χ1v) is 10.4. The highest BCUT2D eigenvalue weighted by Gasteiger charge is 2.44. The Morgan fingerprint density at radius 1 is 1.32 bits per heavy atom. The highest BCUT2D eigenvalue weighted by atomic mass is 31.2. The molecule has 0 spiro atoms. The number of rotatable bonds is 5. The van der Waals surface area contributed by atoms with E-state index in [4.69, 9.17) is 19.5 Å². The highest BCUT2D eigenvalue weighted by molar-refractivity contribution is 7.54. The molecule has 3 unspecified atom stereocenters. The van der Waals surface area contributed by atoms with Gasteiger partial charge >= 0.3 is 7.60 Å². The first-order chi connectivity index (χ1) is 13.5. The molecular formula is C17H21N6O4P. The SMILES string of the molecule is COC(C(C)P1(=O)OCC[C@@H](c2ccncc2)O1)n1cnc2c(N)ncnc21. The van der Waals surface area contributed by atoms with Gasteiger partial charge in [-0.3, -0.25) is 18.6 Å². The summed E-state index contributed by atoms with van der Waals surface area (Å²) in [6.07, 6.45) is 5.85. The van der Waals surface area contributed by atoms with Crippen molar-refractivity contribution in [2.75, 3.05) is 19.5 Å². The maximum absolute atomic E-state index is 13.6. The van der Waals surface area contributed by atoms with Gasteiger partial charge in [0, 0.05) is 25.9 Å². The van der Waals surface area contributed by atoms with Crippen LogP contribution in [0.3, 0.4) is 0 Å². The van der Waals surface area contributed by atoms with Crippen molar-refractivity contribution >= 4 is 24.6 Å². The number of anilines is 1. The van der Waals surface area contributed by atoms with Gasteiger partial charge in [0.05, 0.1) is 19.0 Å². The number of nitrogens with zero attached hydrogens (tertiary/aromatic N) is 5. The Balaban J connectivity index is 1.65. The van der Waals surface area contributed by atoms with Crippen molar-refractivity contribution in [3.05, 3.63) is 42.7 Å². The van der Waals surface area contributed by atoms with E-state index in [0.717, 1.165) is 5.56 Å². The van der Waals surface area contributed by atoms with Crippen molar-refractivity contribution < 1.29 is 18.3 Å². The van der Waals surface area contributed by atoms with E-state index in [1.54, 1.807) is 23.9 Å². The Hall–Kier alpha value is -2.39. The molecule has 28 heavy (non-hydrogen) atoms. The number of pyridine rings is 1. The van der Waals surface area contributed by atoms with Crippen molar-refractivity contribution in [2.24, 2.45) is 0 Å². The fourth-order valence-electron chi connectivity index (χ4n) is 3.32. The lowest BCUT2D eigenvalue weighted by Crippen LogP contribution is -2.28. The maximum atomic E-state index is 13.6. The second-order valence-electron chi connectivity index (χ2n) is 6.49. The molecule has 4 atom stereocenters. The summed E-state index contributed by atoms with van der Waals surface area (Å²) in [5, 5.41) is 0. The number of methoxy groups -OCH3 is 1. The second kappa shape index (κ2) is 7.56. The molecule has 1 aliphatic rings. The van der Waals surface area contributed by atoms with Gasteiger partial charge < -0.3 is 15.0 Å². The molecule has 4 heterocycles. The summed E-state index contributed by atoms with van der Waals surface area (Å²) < 4.78 is 32.5. The monoisotopic (exact) mass is 404 g/mol. The quantitative estimate of drug-likeness (QED) is 0.638. The minimum absolute atomic E-state index is 0.265. The summed E-state index contributed by atoms with van der Waals surface area (Å²) in [6, 6.07) is 3.70. The molecule has 0 amide bonds. The van der Waals surface area contributed by atoms with Crippen LogP contribution in [0.2, 0.25) is 0 Å². The van der Waals surface area contributed by atoms with Crippen molar-refractivity contribution in [3.63, 3.8) is 0 Å². The second-order valence-corrected chi connectivity index (χ2v) is 8.85. The number of imidazole rings is 1. The number of hydrogen-bond donors (Lipinski definition) is 1. The van der Waals surface area contributed by atoms with E-state index in [9.17, 15) is 4.57 Å². The zero-order valence-electron chi connectivity index (χ0n) is 15.5. The molecule has 148 valence electrons.